The molecule has 168 valence electrons. The van der Waals surface area contributed by atoms with Crippen LogP contribution in [0.5, 0.6) is 17.2 Å². The molecule has 8 heteroatoms. The molecule has 7 nitrogen and oxygen atoms in total. The smallest absolute Gasteiger partial charge is 0.271 e. The van der Waals surface area contributed by atoms with Crippen molar-refractivity contribution < 1.29 is 19.0 Å². The van der Waals surface area contributed by atoms with Crippen molar-refractivity contribution in [3.05, 3.63) is 89.2 Å². The van der Waals surface area contributed by atoms with E-state index in [0.717, 1.165) is 27.4 Å². The van der Waals surface area contributed by atoms with E-state index in [2.05, 4.69) is 15.3 Å². The van der Waals surface area contributed by atoms with Gasteiger partial charge in [0.05, 0.1) is 14.2 Å². The largest absolute Gasteiger partial charge is 0.493 e. The molecule has 0 saturated heterocycles. The molecule has 0 fully saturated rings. The van der Waals surface area contributed by atoms with Crippen LogP contribution in [-0.2, 0) is 13.2 Å². The van der Waals surface area contributed by atoms with Crippen LogP contribution in [0.25, 0.3) is 10.6 Å². The van der Waals surface area contributed by atoms with Crippen LogP contribution < -0.4 is 19.5 Å². The molecule has 0 unspecified atom stereocenters. The Hall–Kier alpha value is -3.91. The summed E-state index contributed by atoms with van der Waals surface area (Å²) < 4.78 is 16.4. The van der Waals surface area contributed by atoms with Crippen LogP contribution in [0, 0.1) is 0 Å². The van der Waals surface area contributed by atoms with Gasteiger partial charge in [-0.1, -0.05) is 18.2 Å². The fraction of sp³-hybridized carbons (Fsp3) is 0.160. The third-order valence-corrected chi connectivity index (χ3v) is 5.76. The summed E-state index contributed by atoms with van der Waals surface area (Å²) in [6.07, 6.45) is 3.51. The van der Waals surface area contributed by atoms with Crippen molar-refractivity contribution in [1.29, 1.82) is 0 Å². The van der Waals surface area contributed by atoms with Gasteiger partial charge in [-0.2, -0.15) is 0 Å². The Bertz CT molecular complexity index is 1210. The average molecular weight is 462 g/mol. The maximum Gasteiger partial charge on any atom is 0.271 e. The Morgan fingerprint density at radius 2 is 1.82 bits per heavy atom. The molecule has 0 radical (unpaired) electrons. The van der Waals surface area contributed by atoms with Crippen LogP contribution in [0.4, 0.5) is 0 Å². The van der Waals surface area contributed by atoms with Gasteiger partial charge in [-0.15, -0.1) is 11.3 Å². The molecule has 0 saturated carbocycles. The van der Waals surface area contributed by atoms with E-state index in [1.165, 1.54) is 11.3 Å². The summed E-state index contributed by atoms with van der Waals surface area (Å²) in [5.74, 6) is 1.79. The number of nitrogens with one attached hydrogen (secondary N) is 1. The number of amides is 1. The van der Waals surface area contributed by atoms with Crippen LogP contribution in [-0.4, -0.2) is 30.1 Å². The van der Waals surface area contributed by atoms with Gasteiger partial charge in [0.25, 0.3) is 5.91 Å². The topological polar surface area (TPSA) is 82.6 Å². The van der Waals surface area contributed by atoms with E-state index in [4.69, 9.17) is 14.2 Å². The molecular weight excluding hydrogens is 438 g/mol. The summed E-state index contributed by atoms with van der Waals surface area (Å²) in [5, 5.41) is 5.39. The lowest BCUT2D eigenvalue weighted by molar-refractivity contribution is 0.0946. The van der Waals surface area contributed by atoms with Crippen molar-refractivity contribution in [2.24, 2.45) is 0 Å². The molecule has 0 atom stereocenters. The van der Waals surface area contributed by atoms with Crippen LogP contribution in [0.3, 0.4) is 0 Å². The Morgan fingerprint density at radius 3 is 2.55 bits per heavy atom. The minimum absolute atomic E-state index is 0.227. The molecule has 2 aromatic heterocycles. The summed E-state index contributed by atoms with van der Waals surface area (Å²) in [7, 11) is 3.17. The number of aromatic nitrogens is 2. The predicted molar refractivity (Wildman–Crippen MR) is 127 cm³/mol. The molecule has 0 aliphatic heterocycles. The third kappa shape index (κ3) is 5.67. The second-order valence-electron chi connectivity index (χ2n) is 7.08. The number of carbonyl (C=O) groups is 1. The number of benzene rings is 2. The van der Waals surface area contributed by atoms with Gasteiger partial charge in [-0.05, 0) is 42.0 Å². The van der Waals surface area contributed by atoms with E-state index in [1.54, 1.807) is 32.0 Å². The molecule has 4 aromatic rings. The number of hydrogen-bond acceptors (Lipinski definition) is 7. The zero-order valence-electron chi connectivity index (χ0n) is 18.3. The van der Waals surface area contributed by atoms with Gasteiger partial charge in [-0.25, -0.2) is 4.98 Å². The normalized spacial score (nSPS) is 10.5. The Balaban J connectivity index is 1.32. The number of hydrogen-bond donors (Lipinski definition) is 1. The highest BCUT2D eigenvalue weighted by atomic mass is 32.1. The first-order valence-corrected chi connectivity index (χ1v) is 11.1. The molecule has 1 N–H and O–H groups in total. The van der Waals surface area contributed by atoms with E-state index >= 15 is 0 Å². The van der Waals surface area contributed by atoms with Gasteiger partial charge < -0.3 is 19.5 Å². The molecule has 0 aliphatic carbocycles. The second kappa shape index (κ2) is 10.6. The van der Waals surface area contributed by atoms with Crippen LogP contribution in [0.15, 0.2) is 72.4 Å². The molecule has 0 spiro atoms. The lowest BCUT2D eigenvalue weighted by Crippen LogP contribution is -2.23. The molecule has 0 aliphatic rings. The van der Waals surface area contributed by atoms with Crippen molar-refractivity contribution in [3.63, 3.8) is 0 Å². The first-order chi connectivity index (χ1) is 16.2. The zero-order chi connectivity index (χ0) is 23.0. The van der Waals surface area contributed by atoms with E-state index in [0.29, 0.717) is 30.3 Å². The van der Waals surface area contributed by atoms with Gasteiger partial charge in [0.15, 0.2) is 11.5 Å². The maximum absolute atomic E-state index is 12.6. The van der Waals surface area contributed by atoms with Gasteiger partial charge in [0.1, 0.15) is 23.1 Å². The highest BCUT2D eigenvalue weighted by molar-refractivity contribution is 7.13. The molecule has 1 amide bonds. The first kappa shape index (κ1) is 22.3. The predicted octanol–water partition coefficient (Wildman–Crippen LogP) is 4.73. The second-order valence-corrected chi connectivity index (χ2v) is 7.94. The summed E-state index contributed by atoms with van der Waals surface area (Å²) in [6, 6.07) is 17.0. The summed E-state index contributed by atoms with van der Waals surface area (Å²) >= 11 is 1.40. The summed E-state index contributed by atoms with van der Waals surface area (Å²) in [4.78, 5) is 21.1. The van der Waals surface area contributed by atoms with E-state index < -0.39 is 0 Å². The number of ether oxygens (including phenoxy) is 3. The molecule has 33 heavy (non-hydrogen) atoms. The standard InChI is InChI=1S/C25H23N3O4S/c1-30-22-10-7-19(12-23(22)31-2)25-28-21(16-33-25)24(29)27-14-17-5-8-20(9-6-17)32-15-18-4-3-11-26-13-18/h3-13,16H,14-15H2,1-2H3,(H,27,29). The number of nitrogens with zero attached hydrogens (tertiary/aromatic N) is 2. The van der Waals surface area contributed by atoms with Gasteiger partial charge in [-0.3, -0.25) is 9.78 Å². The maximum atomic E-state index is 12.6. The van der Waals surface area contributed by atoms with E-state index in [-0.39, 0.29) is 5.91 Å². The van der Waals surface area contributed by atoms with Crippen molar-refractivity contribution in [3.8, 4) is 27.8 Å². The molecule has 2 aromatic carbocycles. The fourth-order valence-electron chi connectivity index (χ4n) is 3.11. The molecule has 4 rings (SSSR count). The third-order valence-electron chi connectivity index (χ3n) is 4.87. The van der Waals surface area contributed by atoms with Gasteiger partial charge in [0, 0.05) is 35.4 Å². The van der Waals surface area contributed by atoms with Gasteiger partial charge >= 0.3 is 0 Å². The molecule has 0 bridgehead atoms. The van der Waals surface area contributed by atoms with Crippen LogP contribution in [0.1, 0.15) is 21.6 Å². The Kier molecular flexibility index (Phi) is 7.16. The number of rotatable bonds is 9. The highest BCUT2D eigenvalue weighted by Gasteiger charge is 2.13. The molecular formula is C25H23N3O4S. The Labute approximate surface area is 196 Å². The number of carbonyl (C=O) groups excluding carboxylic acids is 1. The number of pyridine rings is 1. The van der Waals surface area contributed by atoms with Crippen molar-refractivity contribution >= 4 is 17.2 Å². The first-order valence-electron chi connectivity index (χ1n) is 10.2. The van der Waals surface area contributed by atoms with E-state index in [1.807, 2.05) is 54.6 Å². The average Bonchev–Trinajstić information content (AvgIpc) is 3.37. The minimum Gasteiger partial charge on any atom is -0.493 e. The van der Waals surface area contributed by atoms with Gasteiger partial charge in [0.2, 0.25) is 0 Å². The Morgan fingerprint density at radius 1 is 1.00 bits per heavy atom. The lowest BCUT2D eigenvalue weighted by Gasteiger charge is -2.08. The zero-order valence-corrected chi connectivity index (χ0v) is 19.1. The lowest BCUT2D eigenvalue weighted by atomic mass is 10.2. The van der Waals surface area contributed by atoms with E-state index in [9.17, 15) is 4.79 Å². The van der Waals surface area contributed by atoms with Crippen molar-refractivity contribution in [2.45, 2.75) is 13.2 Å². The highest BCUT2D eigenvalue weighted by Crippen LogP contribution is 2.33. The monoisotopic (exact) mass is 461 g/mol. The number of methoxy groups -OCH3 is 2. The van der Waals surface area contributed by atoms with Crippen molar-refractivity contribution in [2.75, 3.05) is 14.2 Å². The summed E-state index contributed by atoms with van der Waals surface area (Å²) in [6.45, 7) is 0.848. The van der Waals surface area contributed by atoms with Crippen molar-refractivity contribution in [1.82, 2.24) is 15.3 Å². The van der Waals surface area contributed by atoms with Crippen LogP contribution in [0.2, 0.25) is 0 Å². The minimum atomic E-state index is -0.227. The number of thiazole rings is 1. The quantitative estimate of drug-likeness (QED) is 0.388. The van der Waals surface area contributed by atoms with Crippen LogP contribution >= 0.6 is 11.3 Å². The fourth-order valence-corrected chi connectivity index (χ4v) is 3.90. The SMILES string of the molecule is COc1ccc(-c2nc(C(=O)NCc3ccc(OCc4cccnc4)cc3)cs2)cc1OC. The molecule has 2 heterocycles. The summed E-state index contributed by atoms with van der Waals surface area (Å²) in [5.41, 5.74) is 3.21.